The highest BCUT2D eigenvalue weighted by Crippen LogP contribution is 2.48. The number of alkyl halides is 3. The Labute approximate surface area is 166 Å². The van der Waals surface area contributed by atoms with Gasteiger partial charge in [0, 0.05) is 37.9 Å². The molecule has 0 bridgehead atoms. The van der Waals surface area contributed by atoms with Crippen molar-refractivity contribution in [2.45, 2.75) is 51.7 Å². The summed E-state index contributed by atoms with van der Waals surface area (Å²) >= 11 is 0. The molecule has 1 unspecified atom stereocenters. The molecular formula is C20H23F3N2O4. The van der Waals surface area contributed by atoms with Crippen LogP contribution in [0.5, 0.6) is 0 Å². The van der Waals surface area contributed by atoms with E-state index in [4.69, 9.17) is 13.9 Å². The number of carbonyl (C=O) groups excluding carboxylic acids is 1. The highest BCUT2D eigenvalue weighted by Gasteiger charge is 2.46. The summed E-state index contributed by atoms with van der Waals surface area (Å²) < 4.78 is 59.1. The summed E-state index contributed by atoms with van der Waals surface area (Å²) in [5, 5.41) is 4.49. The zero-order chi connectivity index (χ0) is 20.8. The second kappa shape index (κ2) is 7.51. The minimum absolute atomic E-state index is 0.0388. The quantitative estimate of drug-likeness (QED) is 0.696. The van der Waals surface area contributed by atoms with Crippen molar-refractivity contribution in [2.24, 2.45) is 5.92 Å². The molecule has 1 aliphatic heterocycles. The second-order valence-electron chi connectivity index (χ2n) is 7.64. The Hall–Kier alpha value is -2.29. The Morgan fingerprint density at radius 3 is 2.72 bits per heavy atom. The largest absolute Gasteiger partial charge is 0.460 e. The lowest BCUT2D eigenvalue weighted by atomic mass is 9.86. The maximum Gasteiger partial charge on any atom is 0.421 e. The number of ether oxygens (including phenoxy) is 2. The van der Waals surface area contributed by atoms with E-state index in [0.29, 0.717) is 25.7 Å². The molecule has 1 aliphatic carbocycles. The third kappa shape index (κ3) is 3.68. The normalized spacial score (nSPS) is 19.7. The van der Waals surface area contributed by atoms with Crippen molar-refractivity contribution in [3.63, 3.8) is 0 Å². The minimum atomic E-state index is -4.76. The monoisotopic (exact) mass is 412 g/mol. The van der Waals surface area contributed by atoms with E-state index >= 15 is 0 Å². The maximum absolute atomic E-state index is 13.9. The van der Waals surface area contributed by atoms with Gasteiger partial charge in [0.05, 0.1) is 17.9 Å². The summed E-state index contributed by atoms with van der Waals surface area (Å²) in [4.78, 5) is 12.1. The van der Waals surface area contributed by atoms with Gasteiger partial charge >= 0.3 is 12.1 Å². The molecule has 0 aromatic carbocycles. The number of fused-ring (bicyclic) bond motifs is 3. The maximum atomic E-state index is 13.9. The van der Waals surface area contributed by atoms with Crippen LogP contribution in [0.1, 0.15) is 60.0 Å². The van der Waals surface area contributed by atoms with Crippen molar-refractivity contribution >= 4 is 5.97 Å². The average molecular weight is 412 g/mol. The fourth-order valence-corrected chi connectivity index (χ4v) is 4.15. The molecule has 2 aliphatic rings. The Morgan fingerprint density at radius 1 is 1.34 bits per heavy atom. The van der Waals surface area contributed by atoms with Crippen LogP contribution >= 0.6 is 0 Å². The van der Waals surface area contributed by atoms with Gasteiger partial charge in [-0.2, -0.15) is 18.3 Å². The van der Waals surface area contributed by atoms with Crippen molar-refractivity contribution in [1.29, 1.82) is 0 Å². The summed E-state index contributed by atoms with van der Waals surface area (Å²) in [5.41, 5.74) is -0.224. The number of nitrogens with zero attached hydrogens (tertiary/aromatic N) is 2. The first-order valence-electron chi connectivity index (χ1n) is 9.85. The molecule has 158 valence electrons. The number of halogens is 3. The highest BCUT2D eigenvalue weighted by atomic mass is 19.4. The number of aromatic nitrogens is 2. The van der Waals surface area contributed by atoms with Gasteiger partial charge in [0.2, 0.25) is 5.76 Å². The van der Waals surface area contributed by atoms with Gasteiger partial charge in [-0.1, -0.05) is 6.92 Å². The van der Waals surface area contributed by atoms with Crippen LogP contribution in [0.3, 0.4) is 0 Å². The lowest BCUT2D eigenvalue weighted by Gasteiger charge is -2.21. The fourth-order valence-electron chi connectivity index (χ4n) is 4.15. The molecule has 0 amide bonds. The zero-order valence-electron chi connectivity index (χ0n) is 16.3. The van der Waals surface area contributed by atoms with E-state index in [1.165, 1.54) is 6.92 Å². The molecule has 3 heterocycles. The predicted octanol–water partition coefficient (Wildman–Crippen LogP) is 4.42. The number of furan rings is 1. The first-order valence-corrected chi connectivity index (χ1v) is 9.85. The zero-order valence-corrected chi connectivity index (χ0v) is 16.3. The molecule has 2 aromatic rings. The molecule has 2 aromatic heterocycles. The molecule has 9 heteroatoms. The number of hydrogen-bond acceptors (Lipinski definition) is 5. The molecule has 29 heavy (non-hydrogen) atoms. The van der Waals surface area contributed by atoms with Crippen LogP contribution in [0.2, 0.25) is 0 Å². The lowest BCUT2D eigenvalue weighted by molar-refractivity contribution is -0.138. The summed E-state index contributed by atoms with van der Waals surface area (Å²) in [6, 6.07) is 0. The minimum Gasteiger partial charge on any atom is -0.460 e. The first-order chi connectivity index (χ1) is 13.8. The molecule has 6 nitrogen and oxygen atoms in total. The van der Waals surface area contributed by atoms with Crippen molar-refractivity contribution in [2.75, 3.05) is 19.8 Å². The van der Waals surface area contributed by atoms with E-state index < -0.39 is 23.5 Å². The number of hydrogen-bond donors (Lipinski definition) is 0. The molecule has 0 saturated carbocycles. The molecule has 1 atom stereocenters. The number of rotatable bonds is 4. The Bertz CT molecular complexity index is 910. The van der Waals surface area contributed by atoms with Crippen molar-refractivity contribution in [3.05, 3.63) is 28.8 Å². The Kier molecular flexibility index (Phi) is 5.18. The summed E-state index contributed by atoms with van der Waals surface area (Å²) in [6.07, 6.45) is -0.861. The smallest absolute Gasteiger partial charge is 0.421 e. The Morgan fingerprint density at radius 2 is 2.07 bits per heavy atom. The molecule has 1 saturated heterocycles. The van der Waals surface area contributed by atoms with Gasteiger partial charge in [-0.05, 0) is 31.6 Å². The first kappa shape index (κ1) is 20.0. The van der Waals surface area contributed by atoms with E-state index in [0.717, 1.165) is 18.4 Å². The van der Waals surface area contributed by atoms with E-state index in [2.05, 4.69) is 5.10 Å². The predicted molar refractivity (Wildman–Crippen MR) is 96.5 cm³/mol. The highest BCUT2D eigenvalue weighted by molar-refractivity contribution is 5.92. The summed E-state index contributed by atoms with van der Waals surface area (Å²) in [7, 11) is 0. The molecule has 0 spiro atoms. The number of esters is 1. The summed E-state index contributed by atoms with van der Waals surface area (Å²) in [5.74, 6) is -1.45. The average Bonchev–Trinajstić information content (AvgIpc) is 3.24. The molecular weight excluding hydrogens is 389 g/mol. The van der Waals surface area contributed by atoms with Crippen LogP contribution in [0.4, 0.5) is 13.2 Å². The molecule has 0 N–H and O–H groups in total. The molecule has 4 rings (SSSR count). The van der Waals surface area contributed by atoms with Crippen LogP contribution in [0.25, 0.3) is 11.3 Å². The van der Waals surface area contributed by atoms with E-state index in [-0.39, 0.29) is 36.0 Å². The van der Waals surface area contributed by atoms with Crippen molar-refractivity contribution in [3.8, 4) is 11.3 Å². The van der Waals surface area contributed by atoms with Gasteiger partial charge in [0.1, 0.15) is 11.3 Å². The third-order valence-electron chi connectivity index (χ3n) is 5.56. The lowest BCUT2D eigenvalue weighted by Crippen LogP contribution is -2.20. The van der Waals surface area contributed by atoms with Crippen LogP contribution in [0.15, 0.2) is 10.6 Å². The van der Waals surface area contributed by atoms with Gasteiger partial charge in [-0.25, -0.2) is 4.79 Å². The summed E-state index contributed by atoms with van der Waals surface area (Å²) in [6.45, 7) is 5.42. The number of carbonyl (C=O) groups is 1. The van der Waals surface area contributed by atoms with E-state index in [1.54, 1.807) is 4.68 Å². The SMILES string of the molecule is CCOC(=O)c1oc2c(c1C(F)(F)F)-c1nn(CC3CCOCC3)cc1C(C)C2. The van der Waals surface area contributed by atoms with Crippen LogP contribution in [-0.2, 0) is 28.6 Å². The molecule has 1 fully saturated rings. The third-order valence-corrected chi connectivity index (χ3v) is 5.56. The fraction of sp³-hybridized carbons (Fsp3) is 0.600. The van der Waals surface area contributed by atoms with Crippen molar-refractivity contribution in [1.82, 2.24) is 9.78 Å². The van der Waals surface area contributed by atoms with Gasteiger partial charge in [0.15, 0.2) is 0 Å². The van der Waals surface area contributed by atoms with Crippen LogP contribution in [-0.4, -0.2) is 35.6 Å². The van der Waals surface area contributed by atoms with Crippen LogP contribution < -0.4 is 0 Å². The van der Waals surface area contributed by atoms with Gasteiger partial charge in [0.25, 0.3) is 0 Å². The standard InChI is InChI=1S/C20H23F3N2O4/c1-3-28-19(26)18-16(20(21,22)23)15-14(29-18)8-11(2)13-10-25(24-17(13)15)9-12-4-6-27-7-5-12/h10-12H,3-9H2,1-2H3. The van der Waals surface area contributed by atoms with Crippen LogP contribution in [0, 0.1) is 5.92 Å². The van der Waals surface area contributed by atoms with Crippen molar-refractivity contribution < 1.29 is 31.9 Å². The van der Waals surface area contributed by atoms with E-state index in [1.807, 2.05) is 13.1 Å². The van der Waals surface area contributed by atoms with Gasteiger partial charge < -0.3 is 13.9 Å². The molecule has 0 radical (unpaired) electrons. The van der Waals surface area contributed by atoms with Gasteiger partial charge in [-0.15, -0.1) is 0 Å². The Balaban J connectivity index is 1.78. The van der Waals surface area contributed by atoms with Gasteiger partial charge in [-0.3, -0.25) is 4.68 Å². The second-order valence-corrected chi connectivity index (χ2v) is 7.64. The topological polar surface area (TPSA) is 66.5 Å². The van der Waals surface area contributed by atoms with E-state index in [9.17, 15) is 18.0 Å².